The largest absolute Gasteiger partial charge is 0.465 e. The summed E-state index contributed by atoms with van der Waals surface area (Å²) in [5.41, 5.74) is 0.612. The Bertz CT molecular complexity index is 3340. The van der Waals surface area contributed by atoms with Gasteiger partial charge in [-0.2, -0.15) is 0 Å². The molecule has 4 aromatic rings. The number of hydrogen-bond donors (Lipinski definition) is 5. The second kappa shape index (κ2) is 27.9. The molecule has 3 saturated heterocycles. The van der Waals surface area contributed by atoms with Crippen LogP contribution in [0.15, 0.2) is 78.9 Å². The van der Waals surface area contributed by atoms with E-state index < -0.39 is 100 Å². The lowest BCUT2D eigenvalue weighted by molar-refractivity contribution is -0.144. The Kier molecular flexibility index (Phi) is 20.6. The number of morpholine rings is 1. The van der Waals surface area contributed by atoms with Gasteiger partial charge in [0.1, 0.15) is 46.9 Å². The molecular formula is C65H81F3N10O12. The van der Waals surface area contributed by atoms with Crippen LogP contribution in [0.2, 0.25) is 0 Å². The molecule has 0 radical (unpaired) electrons. The van der Waals surface area contributed by atoms with Gasteiger partial charge in [-0.05, 0) is 144 Å². The molecule has 8 amide bonds. The van der Waals surface area contributed by atoms with E-state index in [1.807, 2.05) is 36.9 Å². The number of carbonyl (C=O) groups is 8. The van der Waals surface area contributed by atoms with Crippen LogP contribution in [0.5, 0.6) is 0 Å². The smallest absolute Gasteiger partial charge is 0.410 e. The van der Waals surface area contributed by atoms with Crippen LogP contribution in [-0.4, -0.2) is 192 Å². The first-order valence-electron chi connectivity index (χ1n) is 30.5. The second-order valence-corrected chi connectivity index (χ2v) is 25.4. The van der Waals surface area contributed by atoms with E-state index in [9.17, 15) is 43.1 Å². The Balaban J connectivity index is 0.917. The molecule has 0 spiro atoms. The quantitative estimate of drug-likeness (QED) is 0.0723. The van der Waals surface area contributed by atoms with Gasteiger partial charge in [-0.3, -0.25) is 43.5 Å². The molecule has 484 valence electrons. The number of fused-ring (bicyclic) bond motifs is 2. The van der Waals surface area contributed by atoms with E-state index in [2.05, 4.69) is 26.2 Å². The van der Waals surface area contributed by atoms with Crippen molar-refractivity contribution in [1.29, 1.82) is 0 Å². The number of halogens is 3. The van der Waals surface area contributed by atoms with E-state index in [0.29, 0.717) is 68.9 Å². The van der Waals surface area contributed by atoms with Crippen molar-refractivity contribution in [1.82, 2.24) is 35.1 Å². The summed E-state index contributed by atoms with van der Waals surface area (Å²) < 4.78 is 61.0. The number of likely N-dealkylation sites (N-methyl/N-ethyl adjacent to an activating group) is 1. The van der Waals surface area contributed by atoms with Gasteiger partial charge < -0.3 is 55.3 Å². The third-order valence-corrected chi connectivity index (χ3v) is 17.7. The predicted molar refractivity (Wildman–Crippen MR) is 327 cm³/mol. The lowest BCUT2D eigenvalue weighted by Gasteiger charge is -2.47. The van der Waals surface area contributed by atoms with E-state index in [-0.39, 0.29) is 87.4 Å². The number of nitrogens with zero attached hydrogens (tertiary/aromatic N) is 6. The van der Waals surface area contributed by atoms with Crippen LogP contribution >= 0.6 is 0 Å². The SMILES string of the molecule is C[C@@H]1COCCN1C[C@H]1CN(C(=O)O)[C@H](C)CN1CC(=O)N1C[C@@](C)(C(=O)NCCC(=O)Nc2ccc3c(c2)[C@@H](C(=O)Nc2c(F)cccc2F)N(C(=O)[C@@H](NC(=O)[C@H](C)N(C)C(=O)OC(C)(C)C)C2CCOCC2)C3)c2ccc(Cc3ccc(F)cc3)cc21. The summed E-state index contributed by atoms with van der Waals surface area (Å²) in [4.78, 5) is 122. The Hall–Kier alpha value is -8.13. The Morgan fingerprint density at radius 3 is 2.21 bits per heavy atom. The van der Waals surface area contributed by atoms with Crippen LogP contribution in [-0.2, 0) is 61.4 Å². The van der Waals surface area contributed by atoms with Gasteiger partial charge in [-0.1, -0.05) is 36.4 Å². The maximum atomic E-state index is 15.2. The molecule has 3 fully saturated rings. The van der Waals surface area contributed by atoms with Crippen molar-refractivity contribution in [2.24, 2.45) is 5.92 Å². The summed E-state index contributed by atoms with van der Waals surface area (Å²) in [6.45, 7) is 14.8. The number of anilines is 3. The van der Waals surface area contributed by atoms with Crippen molar-refractivity contribution >= 4 is 64.7 Å². The van der Waals surface area contributed by atoms with Crippen LogP contribution in [0.4, 0.5) is 39.8 Å². The molecule has 0 bridgehead atoms. The van der Waals surface area contributed by atoms with Crippen molar-refractivity contribution in [3.63, 3.8) is 0 Å². The molecule has 22 nitrogen and oxygen atoms in total. The lowest BCUT2D eigenvalue weighted by atomic mass is 9.83. The van der Waals surface area contributed by atoms with Gasteiger partial charge in [0, 0.05) is 102 Å². The summed E-state index contributed by atoms with van der Waals surface area (Å²) >= 11 is 0. The highest BCUT2D eigenvalue weighted by Crippen LogP contribution is 2.43. The van der Waals surface area contributed by atoms with E-state index >= 15 is 13.6 Å². The summed E-state index contributed by atoms with van der Waals surface area (Å²) in [6.07, 6.45) is -0.969. The minimum absolute atomic E-state index is 0.0608. The fourth-order valence-corrected chi connectivity index (χ4v) is 12.5. The van der Waals surface area contributed by atoms with Crippen molar-refractivity contribution in [3.05, 3.63) is 124 Å². The molecule has 5 aliphatic heterocycles. The minimum Gasteiger partial charge on any atom is -0.465 e. The van der Waals surface area contributed by atoms with Crippen LogP contribution in [0, 0.1) is 23.4 Å². The molecule has 4 aromatic carbocycles. The molecule has 0 aromatic heterocycles. The van der Waals surface area contributed by atoms with Gasteiger partial charge >= 0.3 is 12.2 Å². The number of para-hydroxylation sites is 1. The Morgan fingerprint density at radius 2 is 1.53 bits per heavy atom. The highest BCUT2D eigenvalue weighted by atomic mass is 19.1. The summed E-state index contributed by atoms with van der Waals surface area (Å²) in [5.74, 6) is -6.72. The molecule has 90 heavy (non-hydrogen) atoms. The second-order valence-electron chi connectivity index (χ2n) is 25.4. The number of nitrogens with one attached hydrogen (secondary N) is 4. The first-order valence-corrected chi connectivity index (χ1v) is 30.5. The molecule has 0 unspecified atom stereocenters. The van der Waals surface area contributed by atoms with Gasteiger partial charge in [0.25, 0.3) is 5.91 Å². The average Bonchev–Trinajstić information content (AvgIpc) is 1.60. The van der Waals surface area contributed by atoms with Gasteiger partial charge in [0.2, 0.25) is 29.5 Å². The van der Waals surface area contributed by atoms with Crippen LogP contribution in [0.3, 0.4) is 0 Å². The zero-order valence-electron chi connectivity index (χ0n) is 52.1. The zero-order chi connectivity index (χ0) is 64.9. The van der Waals surface area contributed by atoms with Crippen molar-refractivity contribution in [2.75, 3.05) is 94.8 Å². The number of carbonyl (C=O) groups excluding carboxylic acids is 7. The summed E-state index contributed by atoms with van der Waals surface area (Å²) in [5, 5.41) is 21.0. The lowest BCUT2D eigenvalue weighted by Crippen LogP contribution is -2.64. The Morgan fingerprint density at radius 1 is 0.833 bits per heavy atom. The van der Waals surface area contributed by atoms with Gasteiger partial charge in [0.05, 0.1) is 25.2 Å². The third-order valence-electron chi connectivity index (χ3n) is 17.7. The van der Waals surface area contributed by atoms with Crippen molar-refractivity contribution < 1.29 is 70.8 Å². The molecular weight excluding hydrogens is 1170 g/mol. The number of rotatable bonds is 18. The van der Waals surface area contributed by atoms with Crippen LogP contribution in [0.1, 0.15) is 102 Å². The van der Waals surface area contributed by atoms with Gasteiger partial charge in [0.15, 0.2) is 0 Å². The molecule has 5 heterocycles. The standard InChI is InChI=1S/C65H81F3N10O12/c1-38-31-75(47(34-76(38)62(85)86)33-74-24-27-89-36-39(74)2)35-54(80)78-37-65(7,49-19-14-42(29-52(49)78)28-41-12-16-45(66)17-13-41)61(84)69-23-20-53(79)70-46-18-15-44-32-77(57(48(44)30-46)59(82)72-56-50(67)10-9-11-51(56)68)60(83)55(43-21-25-88-26-22-43)71-58(81)40(3)73(8)63(87)90-64(4,5)6/h9-19,29-30,38-40,43,47,55,57H,20-28,31-37H2,1-8H3,(H,69,84)(H,70,79)(H,71,81)(H,72,82)(H,85,86)/t38-,39-,40+,47+,55+,57+,65-/m1/s1. The highest BCUT2D eigenvalue weighted by Gasteiger charge is 2.49. The third kappa shape index (κ3) is 15.2. The number of piperazine rings is 1. The van der Waals surface area contributed by atoms with E-state index in [4.69, 9.17) is 14.2 Å². The topological polar surface area (TPSA) is 252 Å². The van der Waals surface area contributed by atoms with E-state index in [0.717, 1.165) is 34.2 Å². The maximum Gasteiger partial charge on any atom is 0.410 e. The number of carboxylic acid groups (broad SMARTS) is 1. The normalized spacial score (nSPS) is 22.0. The van der Waals surface area contributed by atoms with Crippen molar-refractivity contribution in [3.8, 4) is 0 Å². The molecule has 5 N–H and O–H groups in total. The fraction of sp³-hybridized carbons (Fsp3) is 0.508. The van der Waals surface area contributed by atoms with Gasteiger partial charge in [-0.15, -0.1) is 0 Å². The maximum absolute atomic E-state index is 15.2. The first-order chi connectivity index (χ1) is 42.7. The van der Waals surface area contributed by atoms with Crippen molar-refractivity contribution in [2.45, 2.75) is 128 Å². The monoisotopic (exact) mass is 1250 g/mol. The van der Waals surface area contributed by atoms with Gasteiger partial charge in [-0.25, -0.2) is 22.8 Å². The predicted octanol–water partition coefficient (Wildman–Crippen LogP) is 6.41. The summed E-state index contributed by atoms with van der Waals surface area (Å²) in [7, 11) is 1.39. The molecule has 7 atom stereocenters. The number of benzene rings is 4. The van der Waals surface area contributed by atoms with E-state index in [1.165, 1.54) is 42.0 Å². The highest BCUT2D eigenvalue weighted by molar-refractivity contribution is 6.04. The van der Waals surface area contributed by atoms with Crippen LogP contribution < -0.4 is 26.2 Å². The first kappa shape index (κ1) is 66.3. The minimum atomic E-state index is -1.55. The molecule has 25 heteroatoms. The molecule has 0 aliphatic carbocycles. The fourth-order valence-electron chi connectivity index (χ4n) is 12.5. The molecule has 5 aliphatic rings. The average molecular weight is 1250 g/mol. The number of ether oxygens (including phenoxy) is 3. The van der Waals surface area contributed by atoms with E-state index in [1.54, 1.807) is 56.9 Å². The summed E-state index contributed by atoms with van der Waals surface area (Å²) in [6, 6.07) is 14.7. The number of hydrogen-bond acceptors (Lipinski definition) is 13. The Labute approximate surface area is 521 Å². The number of amides is 8. The molecule has 9 rings (SSSR count). The molecule has 0 saturated carbocycles. The van der Waals surface area contributed by atoms with Crippen LogP contribution in [0.25, 0.3) is 0 Å². The zero-order valence-corrected chi connectivity index (χ0v) is 52.1.